The van der Waals surface area contributed by atoms with E-state index in [1.54, 1.807) is 30.3 Å². The highest BCUT2D eigenvalue weighted by atomic mass is 16.7. The molecule has 0 fully saturated rings. The Morgan fingerprint density at radius 3 is 1.92 bits per heavy atom. The van der Waals surface area contributed by atoms with Crippen molar-refractivity contribution in [2.45, 2.75) is 27.7 Å². The Morgan fingerprint density at radius 2 is 1.25 bits per heavy atom. The minimum Gasteiger partial charge on any atom is -0.318 e. The van der Waals surface area contributed by atoms with E-state index in [1.807, 2.05) is 112 Å². The van der Waals surface area contributed by atoms with Gasteiger partial charge < -0.3 is 9.40 Å². The minimum absolute atomic E-state index is 0.0172. The first-order valence-corrected chi connectivity index (χ1v) is 15.8. The summed E-state index contributed by atoms with van der Waals surface area (Å²) in [7, 11) is 0. The first-order valence-electron chi connectivity index (χ1n) is 15.8. The fourth-order valence-electron chi connectivity index (χ4n) is 6.79. The summed E-state index contributed by atoms with van der Waals surface area (Å²) in [4.78, 5) is 45.3. The number of carbonyl (C=O) groups excluding carboxylic acids is 3. The van der Waals surface area contributed by atoms with Gasteiger partial charge in [-0.2, -0.15) is 0 Å². The van der Waals surface area contributed by atoms with Crippen LogP contribution in [0.5, 0.6) is 0 Å². The van der Waals surface area contributed by atoms with Crippen molar-refractivity contribution in [3.63, 3.8) is 0 Å². The van der Waals surface area contributed by atoms with Gasteiger partial charge in [-0.1, -0.05) is 95.6 Å². The van der Waals surface area contributed by atoms with Gasteiger partial charge >= 0.3 is 5.97 Å². The summed E-state index contributed by atoms with van der Waals surface area (Å²) in [6, 6.07) is 38.6. The standard InChI is InChI=1S/C42H32N2O4/c1-25-21-26(2)38(27(3)22-25)42(47)36-24-35-34-23-30(41(46)39(43-48-28(4)45)29-13-7-5-8-14-29)19-20-37(34)44(31-15-9-6-10-16-31)40(35)33-18-12-11-17-32(33)36/h5-24H,1-4H3. The maximum absolute atomic E-state index is 14.5. The van der Waals surface area contributed by atoms with Gasteiger partial charge in [0.1, 0.15) is 0 Å². The van der Waals surface area contributed by atoms with Gasteiger partial charge in [0.2, 0.25) is 5.78 Å². The monoisotopic (exact) mass is 628 g/mol. The van der Waals surface area contributed by atoms with Crippen molar-refractivity contribution in [1.29, 1.82) is 0 Å². The molecule has 6 aromatic carbocycles. The molecule has 0 aliphatic heterocycles. The van der Waals surface area contributed by atoms with Crippen molar-refractivity contribution >= 4 is 55.8 Å². The molecule has 0 atom stereocenters. The lowest BCUT2D eigenvalue weighted by molar-refractivity contribution is -0.140. The Labute approximate surface area is 277 Å². The highest BCUT2D eigenvalue weighted by molar-refractivity contribution is 6.51. The molecular formula is C42H32N2O4. The number of fused-ring (bicyclic) bond motifs is 5. The molecule has 0 bridgehead atoms. The van der Waals surface area contributed by atoms with Crippen LogP contribution in [0.4, 0.5) is 0 Å². The zero-order chi connectivity index (χ0) is 33.5. The lowest BCUT2D eigenvalue weighted by Gasteiger charge is -2.14. The summed E-state index contributed by atoms with van der Waals surface area (Å²) in [5.74, 6) is -1.07. The van der Waals surface area contributed by atoms with E-state index >= 15 is 0 Å². The molecule has 1 aromatic heterocycles. The second kappa shape index (κ2) is 12.2. The van der Waals surface area contributed by atoms with Crippen molar-refractivity contribution < 1.29 is 19.2 Å². The first kappa shape index (κ1) is 30.5. The number of rotatable bonds is 7. The molecule has 7 rings (SSSR count). The fraction of sp³-hybridized carbons (Fsp3) is 0.0952. The lowest BCUT2D eigenvalue weighted by Crippen LogP contribution is -2.17. The smallest absolute Gasteiger partial charge is 0.318 e. The van der Waals surface area contributed by atoms with E-state index in [9.17, 15) is 14.4 Å². The summed E-state index contributed by atoms with van der Waals surface area (Å²) >= 11 is 0. The fourth-order valence-corrected chi connectivity index (χ4v) is 6.79. The Bertz CT molecular complexity index is 2430. The average molecular weight is 629 g/mol. The quantitative estimate of drug-likeness (QED) is 0.0763. The Hall–Kier alpha value is -6.14. The molecule has 0 spiro atoms. The molecule has 0 unspecified atom stereocenters. The summed E-state index contributed by atoms with van der Waals surface area (Å²) in [6.45, 7) is 7.24. The zero-order valence-corrected chi connectivity index (χ0v) is 27.1. The van der Waals surface area contributed by atoms with Crippen molar-refractivity contribution in [2.75, 3.05) is 0 Å². The number of hydrogen-bond acceptors (Lipinski definition) is 5. The number of hydrogen-bond donors (Lipinski definition) is 0. The molecule has 6 nitrogen and oxygen atoms in total. The second-order valence-electron chi connectivity index (χ2n) is 12.1. The number of ketones is 2. The highest BCUT2D eigenvalue weighted by Gasteiger charge is 2.24. The van der Waals surface area contributed by atoms with Gasteiger partial charge in [-0.25, -0.2) is 4.79 Å². The Balaban J connectivity index is 1.53. The molecular weight excluding hydrogens is 596 g/mol. The third kappa shape index (κ3) is 5.27. The predicted octanol–water partition coefficient (Wildman–Crippen LogP) is 9.24. The maximum Gasteiger partial charge on any atom is 0.332 e. The molecule has 234 valence electrons. The summed E-state index contributed by atoms with van der Waals surface area (Å²) < 4.78 is 2.18. The van der Waals surface area contributed by atoms with E-state index < -0.39 is 11.8 Å². The molecule has 1 heterocycles. The van der Waals surface area contributed by atoms with Crippen LogP contribution in [-0.4, -0.2) is 27.8 Å². The van der Waals surface area contributed by atoms with E-state index in [0.29, 0.717) is 22.3 Å². The second-order valence-corrected chi connectivity index (χ2v) is 12.1. The molecule has 0 aliphatic carbocycles. The van der Waals surface area contributed by atoms with Crippen molar-refractivity contribution in [1.82, 2.24) is 4.57 Å². The van der Waals surface area contributed by atoms with Gasteiger partial charge in [-0.05, 0) is 73.7 Å². The summed E-state index contributed by atoms with van der Waals surface area (Å²) in [5, 5.41) is 7.39. The largest absolute Gasteiger partial charge is 0.332 e. The molecule has 0 amide bonds. The van der Waals surface area contributed by atoms with Crippen LogP contribution in [0.15, 0.2) is 126 Å². The number of aryl methyl sites for hydroxylation is 3. The van der Waals surface area contributed by atoms with Crippen molar-refractivity contribution in [2.24, 2.45) is 5.16 Å². The molecule has 7 aromatic rings. The van der Waals surface area contributed by atoms with Crippen LogP contribution >= 0.6 is 0 Å². The van der Waals surface area contributed by atoms with E-state index in [2.05, 4.69) is 9.72 Å². The average Bonchev–Trinajstić information content (AvgIpc) is 3.42. The summed E-state index contributed by atoms with van der Waals surface area (Å²) in [5.41, 5.74) is 7.94. The number of nitrogens with zero attached hydrogens (tertiary/aromatic N) is 2. The van der Waals surface area contributed by atoms with Gasteiger partial charge in [-0.3, -0.25) is 9.59 Å². The number of Topliss-reactive ketones (excluding diaryl/α,β-unsaturated/α-hetero) is 1. The molecule has 6 heteroatoms. The van der Waals surface area contributed by atoms with Gasteiger partial charge in [0.15, 0.2) is 11.5 Å². The van der Waals surface area contributed by atoms with E-state index in [4.69, 9.17) is 4.84 Å². The SMILES string of the molecule is CC(=O)ON=C(C(=O)c1ccc2c(c1)c1cc(C(=O)c3c(C)cc(C)cc3C)c3ccccc3c1n2-c1ccccc1)c1ccccc1. The number of oxime groups is 1. The van der Waals surface area contributed by atoms with Crippen LogP contribution in [0.1, 0.15) is 55.5 Å². The number of para-hydroxylation sites is 1. The molecule has 0 saturated carbocycles. The van der Waals surface area contributed by atoms with E-state index in [0.717, 1.165) is 55.0 Å². The number of aromatic nitrogens is 1. The Morgan fingerprint density at radius 1 is 0.625 bits per heavy atom. The van der Waals surface area contributed by atoms with Crippen LogP contribution in [-0.2, 0) is 9.63 Å². The van der Waals surface area contributed by atoms with Crippen LogP contribution in [0.25, 0.3) is 38.3 Å². The van der Waals surface area contributed by atoms with E-state index in [1.165, 1.54) is 6.92 Å². The zero-order valence-electron chi connectivity index (χ0n) is 27.1. The van der Waals surface area contributed by atoms with Crippen molar-refractivity contribution in [3.8, 4) is 5.69 Å². The van der Waals surface area contributed by atoms with Crippen LogP contribution in [0.3, 0.4) is 0 Å². The molecule has 0 saturated heterocycles. The summed E-state index contributed by atoms with van der Waals surface area (Å²) in [6.07, 6.45) is 0. The number of carbonyl (C=O) groups is 3. The van der Waals surface area contributed by atoms with Crippen LogP contribution in [0.2, 0.25) is 0 Å². The van der Waals surface area contributed by atoms with Crippen LogP contribution < -0.4 is 0 Å². The van der Waals surface area contributed by atoms with Gasteiger partial charge in [0.05, 0.1) is 11.0 Å². The molecule has 48 heavy (non-hydrogen) atoms. The van der Waals surface area contributed by atoms with Gasteiger partial charge in [0, 0.05) is 51.0 Å². The van der Waals surface area contributed by atoms with Crippen molar-refractivity contribution in [3.05, 3.63) is 160 Å². The topological polar surface area (TPSA) is 77.7 Å². The normalized spacial score (nSPS) is 11.7. The minimum atomic E-state index is -0.624. The first-order chi connectivity index (χ1) is 23.2. The highest BCUT2D eigenvalue weighted by Crippen LogP contribution is 2.39. The third-order valence-electron chi connectivity index (χ3n) is 8.72. The van der Waals surface area contributed by atoms with E-state index in [-0.39, 0.29) is 11.5 Å². The third-order valence-corrected chi connectivity index (χ3v) is 8.72. The molecule has 0 N–H and O–H groups in total. The van der Waals surface area contributed by atoms with Gasteiger partial charge in [-0.15, -0.1) is 0 Å². The molecule has 0 aliphatic rings. The van der Waals surface area contributed by atoms with Crippen LogP contribution in [0, 0.1) is 20.8 Å². The maximum atomic E-state index is 14.5. The molecule has 0 radical (unpaired) electrons. The number of benzene rings is 6. The van der Waals surface area contributed by atoms with Gasteiger partial charge in [0.25, 0.3) is 0 Å². The lowest BCUT2D eigenvalue weighted by atomic mass is 9.89. The predicted molar refractivity (Wildman–Crippen MR) is 191 cm³/mol. The Kier molecular flexibility index (Phi) is 7.77.